The van der Waals surface area contributed by atoms with E-state index >= 15 is 0 Å². The van der Waals surface area contributed by atoms with Gasteiger partial charge in [-0.1, -0.05) is 30.3 Å². The van der Waals surface area contributed by atoms with Crippen LogP contribution in [0, 0.1) is 0 Å². The Balaban J connectivity index is 1.29. The average Bonchev–Trinajstić information content (AvgIpc) is 3.44. The van der Waals surface area contributed by atoms with Gasteiger partial charge in [0.15, 0.2) is 0 Å². The fourth-order valence-corrected chi connectivity index (χ4v) is 3.36. The molecule has 2 heterocycles. The number of para-hydroxylation sites is 1. The van der Waals surface area contributed by atoms with Gasteiger partial charge in [-0.25, -0.2) is 4.68 Å². The zero-order valence-corrected chi connectivity index (χ0v) is 15.8. The van der Waals surface area contributed by atoms with Crippen molar-refractivity contribution in [2.75, 3.05) is 18.0 Å². The summed E-state index contributed by atoms with van der Waals surface area (Å²) in [4.78, 5) is 14.5. The second kappa shape index (κ2) is 8.57. The fraction of sp³-hybridized carbons (Fsp3) is 0.217. The predicted molar refractivity (Wildman–Crippen MR) is 112 cm³/mol. The van der Waals surface area contributed by atoms with E-state index in [1.807, 2.05) is 36.5 Å². The monoisotopic (exact) mass is 372 g/mol. The van der Waals surface area contributed by atoms with Crippen LogP contribution in [-0.4, -0.2) is 28.8 Å². The van der Waals surface area contributed by atoms with Gasteiger partial charge in [-0.3, -0.25) is 4.79 Å². The summed E-state index contributed by atoms with van der Waals surface area (Å²) in [7, 11) is 0. The highest BCUT2D eigenvalue weighted by Gasteiger charge is 2.11. The van der Waals surface area contributed by atoms with Crippen LogP contribution in [0.3, 0.4) is 0 Å². The maximum absolute atomic E-state index is 12.1. The van der Waals surface area contributed by atoms with Crippen LogP contribution < -0.4 is 10.2 Å². The number of anilines is 1. The molecule has 5 heteroatoms. The molecule has 1 saturated heterocycles. The molecule has 0 spiro atoms. The standard InChI is InChI=1S/C23H24N4O/c28-23(13-10-20-17-25-27(18-20)22-6-2-1-3-7-22)24-16-19-8-11-21(12-9-19)26-14-4-5-15-26/h1-3,6-13,17-18H,4-5,14-16H2,(H,24,28)/b13-10+. The SMILES string of the molecule is O=C(/C=C/c1cnn(-c2ccccc2)c1)NCc1ccc(N2CCCC2)cc1. The first-order valence-corrected chi connectivity index (χ1v) is 9.68. The van der Waals surface area contributed by atoms with Crippen LogP contribution in [-0.2, 0) is 11.3 Å². The van der Waals surface area contributed by atoms with Crippen molar-refractivity contribution in [2.45, 2.75) is 19.4 Å². The molecule has 1 fully saturated rings. The molecule has 4 rings (SSSR count). The van der Waals surface area contributed by atoms with Crippen molar-refractivity contribution in [3.8, 4) is 5.69 Å². The highest BCUT2D eigenvalue weighted by molar-refractivity contribution is 5.91. The van der Waals surface area contributed by atoms with Gasteiger partial charge in [0.25, 0.3) is 0 Å². The highest BCUT2D eigenvalue weighted by atomic mass is 16.1. The minimum absolute atomic E-state index is 0.115. The van der Waals surface area contributed by atoms with Gasteiger partial charge in [-0.05, 0) is 48.7 Å². The lowest BCUT2D eigenvalue weighted by molar-refractivity contribution is -0.116. The Bertz CT molecular complexity index is 938. The summed E-state index contributed by atoms with van der Waals surface area (Å²) in [5, 5.41) is 7.26. The number of benzene rings is 2. The van der Waals surface area contributed by atoms with E-state index in [1.54, 1.807) is 23.0 Å². The van der Waals surface area contributed by atoms with E-state index in [2.05, 4.69) is 39.6 Å². The molecule has 142 valence electrons. The number of nitrogens with zero attached hydrogens (tertiary/aromatic N) is 3. The van der Waals surface area contributed by atoms with E-state index in [0.717, 1.165) is 29.9 Å². The summed E-state index contributed by atoms with van der Waals surface area (Å²) in [6.45, 7) is 2.80. The molecular formula is C23H24N4O. The minimum Gasteiger partial charge on any atom is -0.372 e. The van der Waals surface area contributed by atoms with Crippen LogP contribution in [0.4, 0.5) is 5.69 Å². The Morgan fingerprint density at radius 3 is 2.50 bits per heavy atom. The predicted octanol–water partition coefficient (Wildman–Crippen LogP) is 3.80. The molecule has 0 bridgehead atoms. The second-order valence-electron chi connectivity index (χ2n) is 6.97. The molecule has 2 aromatic carbocycles. The van der Waals surface area contributed by atoms with Gasteiger partial charge in [0.1, 0.15) is 0 Å². The number of carbonyl (C=O) groups excluding carboxylic acids is 1. The third kappa shape index (κ3) is 4.49. The molecule has 0 radical (unpaired) electrons. The van der Waals surface area contributed by atoms with E-state index in [1.165, 1.54) is 18.5 Å². The van der Waals surface area contributed by atoms with Gasteiger partial charge in [-0.2, -0.15) is 5.10 Å². The Morgan fingerprint density at radius 2 is 1.75 bits per heavy atom. The highest BCUT2D eigenvalue weighted by Crippen LogP contribution is 2.20. The molecule has 0 unspecified atom stereocenters. The third-order valence-electron chi connectivity index (χ3n) is 4.92. The molecule has 1 amide bonds. The van der Waals surface area contributed by atoms with E-state index in [0.29, 0.717) is 6.54 Å². The Hall–Kier alpha value is -3.34. The van der Waals surface area contributed by atoms with E-state index in [-0.39, 0.29) is 5.91 Å². The maximum Gasteiger partial charge on any atom is 0.244 e. The number of hydrogen-bond donors (Lipinski definition) is 1. The van der Waals surface area contributed by atoms with Crippen LogP contribution in [0.15, 0.2) is 73.1 Å². The lowest BCUT2D eigenvalue weighted by Gasteiger charge is -2.17. The van der Waals surface area contributed by atoms with Crippen molar-refractivity contribution in [1.82, 2.24) is 15.1 Å². The summed E-state index contributed by atoms with van der Waals surface area (Å²) in [5.74, 6) is -0.115. The first-order chi connectivity index (χ1) is 13.8. The molecule has 1 aromatic heterocycles. The molecule has 0 saturated carbocycles. The first kappa shape index (κ1) is 18.0. The molecule has 1 aliphatic heterocycles. The summed E-state index contributed by atoms with van der Waals surface area (Å²) in [6, 6.07) is 18.3. The van der Waals surface area contributed by atoms with E-state index < -0.39 is 0 Å². The van der Waals surface area contributed by atoms with Crippen molar-refractivity contribution in [3.05, 3.63) is 84.2 Å². The molecule has 28 heavy (non-hydrogen) atoms. The molecule has 1 aliphatic rings. The number of carbonyl (C=O) groups is 1. The summed E-state index contributed by atoms with van der Waals surface area (Å²) in [6.07, 6.45) is 9.51. The summed E-state index contributed by atoms with van der Waals surface area (Å²) < 4.78 is 1.79. The first-order valence-electron chi connectivity index (χ1n) is 9.68. The molecule has 1 N–H and O–H groups in total. The van der Waals surface area contributed by atoms with Crippen LogP contribution in [0.25, 0.3) is 11.8 Å². The smallest absolute Gasteiger partial charge is 0.244 e. The largest absolute Gasteiger partial charge is 0.372 e. The minimum atomic E-state index is -0.115. The second-order valence-corrected chi connectivity index (χ2v) is 6.97. The summed E-state index contributed by atoms with van der Waals surface area (Å²) in [5.41, 5.74) is 4.24. The fourth-order valence-electron chi connectivity index (χ4n) is 3.36. The number of aromatic nitrogens is 2. The number of rotatable bonds is 6. The lowest BCUT2D eigenvalue weighted by atomic mass is 10.2. The quantitative estimate of drug-likeness (QED) is 0.670. The van der Waals surface area contributed by atoms with E-state index in [4.69, 9.17) is 0 Å². The van der Waals surface area contributed by atoms with Gasteiger partial charge in [0, 0.05) is 43.2 Å². The molecule has 5 nitrogen and oxygen atoms in total. The van der Waals surface area contributed by atoms with Crippen molar-refractivity contribution in [1.29, 1.82) is 0 Å². The van der Waals surface area contributed by atoms with Crippen molar-refractivity contribution < 1.29 is 4.79 Å². The van der Waals surface area contributed by atoms with Crippen molar-refractivity contribution in [3.63, 3.8) is 0 Å². The van der Waals surface area contributed by atoms with E-state index in [9.17, 15) is 4.79 Å². The zero-order valence-electron chi connectivity index (χ0n) is 15.8. The number of nitrogens with one attached hydrogen (secondary N) is 1. The Labute approximate surface area is 165 Å². The van der Waals surface area contributed by atoms with Gasteiger partial charge in [0.05, 0.1) is 11.9 Å². The molecule has 3 aromatic rings. The third-order valence-corrected chi connectivity index (χ3v) is 4.92. The topological polar surface area (TPSA) is 50.2 Å². The lowest BCUT2D eigenvalue weighted by Crippen LogP contribution is -2.20. The maximum atomic E-state index is 12.1. The Kier molecular flexibility index (Phi) is 5.52. The Morgan fingerprint density at radius 1 is 1.00 bits per heavy atom. The average molecular weight is 372 g/mol. The van der Waals surface area contributed by atoms with Gasteiger partial charge >= 0.3 is 0 Å². The number of hydrogen-bond acceptors (Lipinski definition) is 3. The number of amides is 1. The molecule has 0 aliphatic carbocycles. The molecule has 0 atom stereocenters. The molecular weight excluding hydrogens is 348 g/mol. The van der Waals surface area contributed by atoms with Crippen LogP contribution in [0.2, 0.25) is 0 Å². The van der Waals surface area contributed by atoms with Crippen LogP contribution in [0.1, 0.15) is 24.0 Å². The van der Waals surface area contributed by atoms with Gasteiger partial charge < -0.3 is 10.2 Å². The van der Waals surface area contributed by atoms with Crippen molar-refractivity contribution in [2.24, 2.45) is 0 Å². The zero-order chi connectivity index (χ0) is 19.2. The normalized spacial score (nSPS) is 13.9. The van der Waals surface area contributed by atoms with Crippen molar-refractivity contribution >= 4 is 17.7 Å². The van der Waals surface area contributed by atoms with Crippen LogP contribution >= 0.6 is 0 Å². The van der Waals surface area contributed by atoms with Gasteiger partial charge in [-0.15, -0.1) is 0 Å². The summed E-state index contributed by atoms with van der Waals surface area (Å²) >= 11 is 0. The van der Waals surface area contributed by atoms with Crippen LogP contribution in [0.5, 0.6) is 0 Å². The van der Waals surface area contributed by atoms with Gasteiger partial charge in [0.2, 0.25) is 5.91 Å².